The Morgan fingerprint density at radius 2 is 1.50 bits per heavy atom. The van der Waals surface area contributed by atoms with Gasteiger partial charge in [-0.1, -0.05) is 73.1 Å². The Labute approximate surface area is 129 Å². The van der Waals surface area contributed by atoms with Gasteiger partial charge in [0.2, 0.25) is 0 Å². The van der Waals surface area contributed by atoms with E-state index in [2.05, 4.69) is 48.8 Å². The lowest BCUT2D eigenvalue weighted by Gasteiger charge is -2.20. The van der Waals surface area contributed by atoms with Crippen LogP contribution in [-0.2, 0) is 11.8 Å². The van der Waals surface area contributed by atoms with Crippen molar-refractivity contribution in [1.29, 1.82) is 0 Å². The molecule has 0 radical (unpaired) electrons. The van der Waals surface area contributed by atoms with Gasteiger partial charge in [0, 0.05) is 10.9 Å². The Bertz CT molecular complexity index is 549. The molecule has 0 aliphatic carbocycles. The zero-order valence-electron chi connectivity index (χ0n) is 12.2. The largest absolute Gasteiger partial charge is 0.388 e. The van der Waals surface area contributed by atoms with Gasteiger partial charge in [-0.25, -0.2) is 0 Å². The summed E-state index contributed by atoms with van der Waals surface area (Å²) >= 11 is 3.42. The number of aliphatic hydroxyl groups excluding tert-OH is 1. The topological polar surface area (TPSA) is 20.2 Å². The molecule has 0 amide bonds. The quantitative estimate of drug-likeness (QED) is 0.836. The minimum absolute atomic E-state index is 0.148. The molecule has 2 aromatic carbocycles. The van der Waals surface area contributed by atoms with Gasteiger partial charge >= 0.3 is 0 Å². The van der Waals surface area contributed by atoms with Gasteiger partial charge in [-0.2, -0.15) is 0 Å². The molecule has 0 spiro atoms. The first-order chi connectivity index (χ1) is 9.36. The van der Waals surface area contributed by atoms with Gasteiger partial charge in [0.15, 0.2) is 0 Å². The number of aliphatic hydroxyl groups is 1. The highest BCUT2D eigenvalue weighted by atomic mass is 79.9. The molecule has 0 aromatic heterocycles. The summed E-state index contributed by atoms with van der Waals surface area (Å²) < 4.78 is 1.06. The van der Waals surface area contributed by atoms with Crippen LogP contribution in [0.2, 0.25) is 0 Å². The van der Waals surface area contributed by atoms with Gasteiger partial charge in [0.25, 0.3) is 0 Å². The van der Waals surface area contributed by atoms with Crippen LogP contribution in [0.5, 0.6) is 0 Å². The zero-order valence-corrected chi connectivity index (χ0v) is 13.8. The lowest BCUT2D eigenvalue weighted by Crippen LogP contribution is -2.11. The summed E-state index contributed by atoms with van der Waals surface area (Å²) in [5, 5.41) is 10.3. The second-order valence-corrected chi connectivity index (χ2v) is 7.13. The third kappa shape index (κ3) is 3.94. The first-order valence-corrected chi connectivity index (χ1v) is 7.68. The fourth-order valence-corrected chi connectivity index (χ4v) is 2.43. The summed E-state index contributed by atoms with van der Waals surface area (Å²) in [5.41, 5.74) is 3.55. The number of halogens is 1. The summed E-state index contributed by atoms with van der Waals surface area (Å²) in [4.78, 5) is 0. The van der Waals surface area contributed by atoms with Gasteiger partial charge in [0.05, 0.1) is 6.10 Å². The molecule has 0 aliphatic rings. The van der Waals surface area contributed by atoms with Gasteiger partial charge < -0.3 is 5.11 Å². The van der Waals surface area contributed by atoms with Crippen molar-refractivity contribution >= 4 is 15.9 Å². The molecular formula is C18H21BrO. The molecule has 0 fully saturated rings. The van der Waals surface area contributed by atoms with Crippen molar-refractivity contribution < 1.29 is 5.11 Å². The van der Waals surface area contributed by atoms with E-state index in [0.717, 1.165) is 15.6 Å². The third-order valence-electron chi connectivity index (χ3n) is 3.50. The summed E-state index contributed by atoms with van der Waals surface area (Å²) in [6.45, 7) is 6.58. The molecule has 20 heavy (non-hydrogen) atoms. The van der Waals surface area contributed by atoms with Crippen LogP contribution >= 0.6 is 15.9 Å². The van der Waals surface area contributed by atoms with Crippen molar-refractivity contribution in [2.24, 2.45) is 0 Å². The zero-order chi connectivity index (χ0) is 14.8. The van der Waals surface area contributed by atoms with Crippen LogP contribution in [0.3, 0.4) is 0 Å². The molecule has 2 rings (SSSR count). The van der Waals surface area contributed by atoms with Gasteiger partial charge in [-0.05, 0) is 34.2 Å². The molecular weight excluding hydrogens is 312 g/mol. The van der Waals surface area contributed by atoms with Crippen LogP contribution in [0, 0.1) is 0 Å². The van der Waals surface area contributed by atoms with Crippen molar-refractivity contribution in [2.45, 2.75) is 38.7 Å². The molecule has 0 saturated heterocycles. The average molecular weight is 333 g/mol. The van der Waals surface area contributed by atoms with E-state index in [9.17, 15) is 5.11 Å². The first kappa shape index (κ1) is 15.3. The van der Waals surface area contributed by atoms with Crippen molar-refractivity contribution in [3.8, 4) is 0 Å². The molecule has 2 heteroatoms. The summed E-state index contributed by atoms with van der Waals surface area (Å²) in [6.07, 6.45) is 0.187. The maximum atomic E-state index is 10.3. The highest BCUT2D eigenvalue weighted by Gasteiger charge is 2.14. The van der Waals surface area contributed by atoms with Crippen molar-refractivity contribution in [2.75, 3.05) is 0 Å². The second kappa shape index (κ2) is 6.11. The summed E-state index contributed by atoms with van der Waals surface area (Å²) in [5.74, 6) is 0. The van der Waals surface area contributed by atoms with Crippen LogP contribution in [0.1, 0.15) is 43.6 Å². The maximum absolute atomic E-state index is 10.3. The monoisotopic (exact) mass is 332 g/mol. The van der Waals surface area contributed by atoms with Crippen LogP contribution in [0.15, 0.2) is 53.0 Å². The van der Waals surface area contributed by atoms with E-state index in [0.29, 0.717) is 6.42 Å². The first-order valence-electron chi connectivity index (χ1n) is 6.89. The fraction of sp³-hybridized carbons (Fsp3) is 0.333. The summed E-state index contributed by atoms with van der Waals surface area (Å²) in [7, 11) is 0. The molecule has 1 nitrogen and oxygen atoms in total. The van der Waals surface area contributed by atoms with E-state index in [-0.39, 0.29) is 5.41 Å². The SMILES string of the molecule is CC(C)(C)c1ccc(C(O)Cc2ccc(Br)cc2)cc1. The normalized spacial score (nSPS) is 13.2. The molecule has 0 heterocycles. The number of rotatable bonds is 3. The minimum Gasteiger partial charge on any atom is -0.388 e. The van der Waals surface area contributed by atoms with Crippen LogP contribution in [-0.4, -0.2) is 5.11 Å². The predicted molar refractivity (Wildman–Crippen MR) is 87.9 cm³/mol. The molecule has 1 unspecified atom stereocenters. The van der Waals surface area contributed by atoms with Crippen LogP contribution in [0.25, 0.3) is 0 Å². The summed E-state index contributed by atoms with van der Waals surface area (Å²) in [6, 6.07) is 16.4. The Morgan fingerprint density at radius 3 is 2.00 bits per heavy atom. The standard InChI is InChI=1S/C18H21BrO/c1-18(2,3)15-8-6-14(7-9-15)17(20)12-13-4-10-16(19)11-5-13/h4-11,17,20H,12H2,1-3H3. The highest BCUT2D eigenvalue weighted by Crippen LogP contribution is 2.25. The Morgan fingerprint density at radius 1 is 0.950 bits per heavy atom. The van der Waals surface area contributed by atoms with E-state index in [1.807, 2.05) is 36.4 Å². The molecule has 0 bridgehead atoms. The second-order valence-electron chi connectivity index (χ2n) is 6.22. The molecule has 106 valence electrons. The molecule has 1 atom stereocenters. The van der Waals surface area contributed by atoms with E-state index < -0.39 is 6.10 Å². The van der Waals surface area contributed by atoms with Crippen molar-refractivity contribution in [1.82, 2.24) is 0 Å². The Balaban J connectivity index is 2.09. The van der Waals surface area contributed by atoms with Gasteiger partial charge in [0.1, 0.15) is 0 Å². The van der Waals surface area contributed by atoms with Gasteiger partial charge in [-0.15, -0.1) is 0 Å². The van der Waals surface area contributed by atoms with Crippen molar-refractivity contribution in [3.63, 3.8) is 0 Å². The third-order valence-corrected chi connectivity index (χ3v) is 4.03. The van der Waals surface area contributed by atoms with Crippen LogP contribution in [0.4, 0.5) is 0 Å². The molecule has 0 saturated carbocycles. The molecule has 1 N–H and O–H groups in total. The smallest absolute Gasteiger partial charge is 0.0830 e. The number of hydrogen-bond acceptors (Lipinski definition) is 1. The van der Waals surface area contributed by atoms with Crippen LogP contribution < -0.4 is 0 Å². The maximum Gasteiger partial charge on any atom is 0.0830 e. The number of hydrogen-bond donors (Lipinski definition) is 1. The predicted octanol–water partition coefficient (Wildman–Crippen LogP) is 5.02. The number of benzene rings is 2. The highest BCUT2D eigenvalue weighted by molar-refractivity contribution is 9.10. The van der Waals surface area contributed by atoms with Gasteiger partial charge in [-0.3, -0.25) is 0 Å². The van der Waals surface area contributed by atoms with E-state index in [1.165, 1.54) is 5.56 Å². The lowest BCUT2D eigenvalue weighted by molar-refractivity contribution is 0.178. The van der Waals surface area contributed by atoms with E-state index in [1.54, 1.807) is 0 Å². The van der Waals surface area contributed by atoms with E-state index >= 15 is 0 Å². The molecule has 2 aromatic rings. The van der Waals surface area contributed by atoms with Crippen molar-refractivity contribution in [3.05, 3.63) is 69.7 Å². The molecule has 0 aliphatic heterocycles. The Hall–Kier alpha value is -1.12. The minimum atomic E-state index is -0.454. The Kier molecular flexibility index (Phi) is 4.66. The lowest BCUT2D eigenvalue weighted by atomic mass is 9.86. The average Bonchev–Trinajstić information content (AvgIpc) is 2.40. The fourth-order valence-electron chi connectivity index (χ4n) is 2.17. The van der Waals surface area contributed by atoms with E-state index in [4.69, 9.17) is 0 Å².